The highest BCUT2D eigenvalue weighted by Gasteiger charge is 2.69. The van der Waals surface area contributed by atoms with Gasteiger partial charge < -0.3 is 34.3 Å². The number of ether oxygens (including phenoxy) is 4. The monoisotopic (exact) mass is 744 g/mol. The highest BCUT2D eigenvalue weighted by atomic mass is 16.6. The van der Waals surface area contributed by atoms with Crippen LogP contribution in [0.1, 0.15) is 86.0 Å². The molecule has 3 saturated heterocycles. The average Bonchev–Trinajstić information content (AvgIpc) is 3.94. The maximum atomic E-state index is 13.8. The third-order valence-corrected chi connectivity index (χ3v) is 14.9. The van der Waals surface area contributed by atoms with Crippen molar-refractivity contribution in [3.8, 4) is 0 Å². The third kappa shape index (κ3) is 6.59. The van der Waals surface area contributed by atoms with Crippen molar-refractivity contribution in [3.05, 3.63) is 0 Å². The summed E-state index contributed by atoms with van der Waals surface area (Å²) >= 11 is 0. The number of fused-ring (bicyclic) bond motifs is 6. The van der Waals surface area contributed by atoms with Crippen molar-refractivity contribution >= 4 is 35.8 Å². The highest BCUT2D eigenvalue weighted by molar-refractivity contribution is 5.96. The molecule has 0 aromatic heterocycles. The van der Waals surface area contributed by atoms with E-state index in [1.54, 1.807) is 6.92 Å². The Bertz CT molecular complexity index is 1500. The fourth-order valence-electron chi connectivity index (χ4n) is 13.0. The van der Waals surface area contributed by atoms with Crippen molar-refractivity contribution in [2.75, 3.05) is 13.2 Å². The summed E-state index contributed by atoms with van der Waals surface area (Å²) in [7, 11) is 0. The Labute approximate surface area is 310 Å². The number of carbonyl (C=O) groups excluding carboxylic acids is 4. The van der Waals surface area contributed by atoms with E-state index in [0.29, 0.717) is 25.7 Å². The van der Waals surface area contributed by atoms with E-state index in [1.807, 2.05) is 20.8 Å². The first-order valence-electron chi connectivity index (χ1n) is 19.9. The Hall–Kier alpha value is -3.06. The predicted molar refractivity (Wildman–Crippen MR) is 183 cm³/mol. The number of carboxylic acids is 2. The van der Waals surface area contributed by atoms with Gasteiger partial charge in [-0.2, -0.15) is 0 Å². The van der Waals surface area contributed by atoms with Crippen molar-refractivity contribution in [3.63, 3.8) is 0 Å². The van der Waals surface area contributed by atoms with Gasteiger partial charge in [0.15, 0.2) is 0 Å². The van der Waals surface area contributed by atoms with Crippen LogP contribution in [0.3, 0.4) is 0 Å². The van der Waals surface area contributed by atoms with Gasteiger partial charge in [-0.1, -0.05) is 13.8 Å². The van der Waals surface area contributed by atoms with Crippen molar-refractivity contribution in [1.29, 1.82) is 0 Å². The molecule has 3 aliphatic heterocycles. The fraction of sp³-hybridized carbons (Fsp3) is 0.850. The van der Waals surface area contributed by atoms with Crippen LogP contribution in [0.4, 0.5) is 0 Å². The smallest absolute Gasteiger partial charge is 0.317 e. The lowest BCUT2D eigenvalue weighted by molar-refractivity contribution is -0.166. The first-order chi connectivity index (χ1) is 25.0. The van der Waals surface area contributed by atoms with E-state index in [4.69, 9.17) is 24.1 Å². The quantitative estimate of drug-likeness (QED) is 0.106. The van der Waals surface area contributed by atoms with Crippen LogP contribution in [0.2, 0.25) is 0 Å². The van der Waals surface area contributed by atoms with Crippen LogP contribution in [-0.2, 0) is 47.7 Å². The lowest BCUT2D eigenvalue weighted by Gasteiger charge is -2.48. The Kier molecular flexibility index (Phi) is 10.3. The van der Waals surface area contributed by atoms with Crippen LogP contribution in [0, 0.1) is 94.7 Å². The van der Waals surface area contributed by atoms with E-state index in [9.17, 15) is 39.0 Å². The largest absolute Gasteiger partial charge is 0.481 e. The summed E-state index contributed by atoms with van der Waals surface area (Å²) in [5.74, 6) is -9.58. The van der Waals surface area contributed by atoms with Crippen LogP contribution in [0.5, 0.6) is 0 Å². The van der Waals surface area contributed by atoms with Gasteiger partial charge >= 0.3 is 35.8 Å². The molecule has 13 heteroatoms. The molecule has 3 N–H and O–H groups in total. The van der Waals surface area contributed by atoms with Crippen LogP contribution in [0.15, 0.2) is 0 Å². The first kappa shape index (κ1) is 38.2. The molecule has 6 bridgehead atoms. The standard InChI is InChI=1S/C40H56O13/c1-16-19(33-27(15-28(16)51-33)37(47)50-10-6-9-41)7-8-20-18-11-22(25(12-18)39(49)53-40(3,4)5)29(20)30-23(13-21-17(2)36(46)52-38(21)48)24-14-26(30)32(35(44)45)31(24)34(42)43/h16-33,41H,6-15H2,1-5H3,(H,42,43)(H,44,45). The number of carbonyl (C=O) groups is 6. The van der Waals surface area contributed by atoms with E-state index < -0.39 is 65.0 Å². The number of rotatable bonds is 13. The zero-order valence-corrected chi connectivity index (χ0v) is 31.4. The molecule has 7 rings (SSSR count). The molecule has 3 heterocycles. The molecule has 0 aromatic carbocycles. The molecule has 7 fully saturated rings. The number of hydrogen-bond acceptors (Lipinski definition) is 11. The van der Waals surface area contributed by atoms with Gasteiger partial charge in [0.05, 0.1) is 54.3 Å². The molecule has 7 aliphatic rings. The molecule has 0 aromatic rings. The highest BCUT2D eigenvalue weighted by Crippen LogP contribution is 2.69. The van der Waals surface area contributed by atoms with Crippen LogP contribution in [0.25, 0.3) is 0 Å². The second-order valence-electron chi connectivity index (χ2n) is 18.5. The molecule has 53 heavy (non-hydrogen) atoms. The molecule has 4 aliphatic carbocycles. The third-order valence-electron chi connectivity index (χ3n) is 14.9. The first-order valence-corrected chi connectivity index (χ1v) is 19.9. The van der Waals surface area contributed by atoms with Gasteiger partial charge in [-0.15, -0.1) is 0 Å². The average molecular weight is 745 g/mol. The van der Waals surface area contributed by atoms with Gasteiger partial charge in [-0.3, -0.25) is 28.8 Å². The molecule has 18 atom stereocenters. The van der Waals surface area contributed by atoms with E-state index in [1.165, 1.54) is 0 Å². The van der Waals surface area contributed by atoms with Crippen molar-refractivity contribution in [1.82, 2.24) is 0 Å². The van der Waals surface area contributed by atoms with E-state index in [-0.39, 0.29) is 103 Å². The topological polar surface area (TPSA) is 200 Å². The molecular formula is C40H56O13. The number of carboxylic acid groups (broad SMARTS) is 2. The zero-order valence-electron chi connectivity index (χ0n) is 31.4. The van der Waals surface area contributed by atoms with E-state index in [2.05, 4.69) is 6.92 Å². The lowest BCUT2D eigenvalue weighted by Crippen LogP contribution is -2.49. The van der Waals surface area contributed by atoms with E-state index >= 15 is 0 Å². The summed E-state index contributed by atoms with van der Waals surface area (Å²) in [5.41, 5.74) is -0.689. The minimum atomic E-state index is -1.16. The summed E-state index contributed by atoms with van der Waals surface area (Å²) < 4.78 is 22.8. The van der Waals surface area contributed by atoms with Gasteiger partial charge in [0.1, 0.15) is 5.60 Å². The number of esters is 4. The molecule has 18 unspecified atom stereocenters. The van der Waals surface area contributed by atoms with Crippen molar-refractivity contribution < 1.29 is 63.0 Å². The Morgan fingerprint density at radius 1 is 0.792 bits per heavy atom. The second kappa shape index (κ2) is 14.2. The minimum absolute atomic E-state index is 0.0529. The van der Waals surface area contributed by atoms with Crippen LogP contribution >= 0.6 is 0 Å². The summed E-state index contributed by atoms with van der Waals surface area (Å²) in [6.07, 6.45) is 4.29. The van der Waals surface area contributed by atoms with Crippen LogP contribution < -0.4 is 0 Å². The molecule has 0 spiro atoms. The fourth-order valence-corrected chi connectivity index (χ4v) is 13.0. The SMILES string of the molecule is CC1C(=O)OC(=O)C1CC1C2CC(C(C(=O)O)C2C(=O)O)C1C1C(CCC2C(C)C3CC(C(=O)OCCCO)C2O3)C2CC(C(=O)OC(C)(C)C)C1C2. The molecule has 0 amide bonds. The number of aliphatic hydroxyl groups is 1. The predicted octanol–water partition coefficient (Wildman–Crippen LogP) is 3.97. The van der Waals surface area contributed by atoms with Gasteiger partial charge in [-0.05, 0) is 125 Å². The van der Waals surface area contributed by atoms with Crippen molar-refractivity contribution in [2.45, 2.75) is 104 Å². The lowest BCUT2D eigenvalue weighted by atomic mass is 9.55. The van der Waals surface area contributed by atoms with Crippen LogP contribution in [-0.4, -0.2) is 82.2 Å². The maximum absolute atomic E-state index is 13.8. The molecule has 4 saturated carbocycles. The van der Waals surface area contributed by atoms with Crippen molar-refractivity contribution in [2.24, 2.45) is 94.7 Å². The summed E-state index contributed by atoms with van der Waals surface area (Å²) in [6.45, 7) is 9.43. The second-order valence-corrected chi connectivity index (χ2v) is 18.5. The molecule has 294 valence electrons. The van der Waals surface area contributed by atoms with E-state index in [0.717, 1.165) is 19.3 Å². The maximum Gasteiger partial charge on any atom is 0.317 e. The zero-order chi connectivity index (χ0) is 38.3. The number of cyclic esters (lactones) is 2. The Balaban J connectivity index is 1.20. The number of aliphatic carboxylic acids is 2. The van der Waals surface area contributed by atoms with Gasteiger partial charge in [0.2, 0.25) is 0 Å². The van der Waals surface area contributed by atoms with Gasteiger partial charge in [-0.25, -0.2) is 0 Å². The minimum Gasteiger partial charge on any atom is -0.481 e. The molecular weight excluding hydrogens is 688 g/mol. The molecule has 13 nitrogen and oxygen atoms in total. The summed E-state index contributed by atoms with van der Waals surface area (Å²) in [6, 6.07) is 0. The van der Waals surface area contributed by atoms with Gasteiger partial charge in [0, 0.05) is 13.0 Å². The number of aliphatic hydroxyl groups excluding tert-OH is 1. The summed E-state index contributed by atoms with van der Waals surface area (Å²) in [5, 5.41) is 30.1. The number of hydrogen-bond donors (Lipinski definition) is 3. The Morgan fingerprint density at radius 3 is 2.06 bits per heavy atom. The Morgan fingerprint density at radius 2 is 1.45 bits per heavy atom. The normalized spacial score (nSPS) is 45.2. The summed E-state index contributed by atoms with van der Waals surface area (Å²) in [4.78, 5) is 77.9. The molecule has 0 radical (unpaired) electrons. The van der Waals surface area contributed by atoms with Gasteiger partial charge in [0.25, 0.3) is 0 Å².